The highest BCUT2D eigenvalue weighted by Crippen LogP contribution is 2.17. The minimum atomic E-state index is -0.559. The Morgan fingerprint density at radius 2 is 2.14 bits per heavy atom. The number of nitrogens with two attached hydrogens (primary N) is 1. The lowest BCUT2D eigenvalue weighted by molar-refractivity contribution is -0.113. The maximum absolute atomic E-state index is 11.9. The molecular weight excluding hydrogens is 306 g/mol. The first-order chi connectivity index (χ1) is 10.1. The first-order valence-electron chi connectivity index (χ1n) is 6.23. The molecule has 7 heteroatoms. The Balaban J connectivity index is 1.86. The number of nitrogens with zero attached hydrogens (tertiary/aromatic N) is 1. The van der Waals surface area contributed by atoms with E-state index in [1.54, 1.807) is 35.6 Å². The molecule has 2 aromatic rings. The first-order valence-corrected chi connectivity index (χ1v) is 8.27. The average molecular weight is 321 g/mol. The van der Waals surface area contributed by atoms with Crippen molar-refractivity contribution >= 4 is 40.6 Å². The second-order valence-electron chi connectivity index (χ2n) is 4.31. The van der Waals surface area contributed by atoms with E-state index in [1.807, 2.05) is 12.3 Å². The van der Waals surface area contributed by atoms with Gasteiger partial charge in [-0.2, -0.15) is 0 Å². The topological polar surface area (TPSA) is 85.1 Å². The number of rotatable bonds is 6. The molecule has 2 amide bonds. The predicted molar refractivity (Wildman–Crippen MR) is 86.6 cm³/mol. The summed E-state index contributed by atoms with van der Waals surface area (Å²) in [6.07, 6.45) is 0. The molecular formula is C14H15N3O2S2. The largest absolute Gasteiger partial charge is 0.366 e. The van der Waals surface area contributed by atoms with Crippen LogP contribution < -0.4 is 11.1 Å². The maximum Gasteiger partial charge on any atom is 0.250 e. The minimum Gasteiger partial charge on any atom is -0.366 e. The quantitative estimate of drug-likeness (QED) is 0.855. The molecule has 0 atom stereocenters. The lowest BCUT2D eigenvalue weighted by Crippen LogP contribution is -2.19. The monoisotopic (exact) mass is 321 g/mol. The number of carbonyl (C=O) groups excluding carboxylic acids is 2. The van der Waals surface area contributed by atoms with Crippen molar-refractivity contribution in [3.05, 3.63) is 45.9 Å². The van der Waals surface area contributed by atoms with E-state index in [2.05, 4.69) is 10.3 Å². The van der Waals surface area contributed by atoms with Crippen LogP contribution in [0.2, 0.25) is 0 Å². The molecule has 0 fully saturated rings. The maximum atomic E-state index is 11.9. The van der Waals surface area contributed by atoms with E-state index in [-0.39, 0.29) is 5.91 Å². The van der Waals surface area contributed by atoms with Crippen LogP contribution in [0.25, 0.3) is 0 Å². The predicted octanol–water partition coefficient (Wildman–Crippen LogP) is 2.42. The summed E-state index contributed by atoms with van der Waals surface area (Å²) in [5.41, 5.74) is 7.00. The van der Waals surface area contributed by atoms with E-state index in [0.29, 0.717) is 22.8 Å². The first kappa shape index (κ1) is 15.5. The van der Waals surface area contributed by atoms with Crippen molar-refractivity contribution in [2.24, 2.45) is 5.73 Å². The number of aromatic nitrogens is 1. The Morgan fingerprint density at radius 1 is 1.38 bits per heavy atom. The molecule has 1 aromatic carbocycles. The molecule has 0 unspecified atom stereocenters. The van der Waals surface area contributed by atoms with Crippen LogP contribution >= 0.6 is 23.1 Å². The summed E-state index contributed by atoms with van der Waals surface area (Å²) in [6, 6.07) is 6.69. The summed E-state index contributed by atoms with van der Waals surface area (Å²) in [5.74, 6) is 0.260. The summed E-state index contributed by atoms with van der Waals surface area (Å²) < 4.78 is 0. The zero-order valence-electron chi connectivity index (χ0n) is 11.5. The Bertz CT molecular complexity index is 655. The van der Waals surface area contributed by atoms with Crippen molar-refractivity contribution in [2.75, 3.05) is 11.1 Å². The summed E-state index contributed by atoms with van der Waals surface area (Å²) in [4.78, 5) is 27.5. The van der Waals surface area contributed by atoms with Crippen LogP contribution in [0.4, 0.5) is 5.69 Å². The van der Waals surface area contributed by atoms with E-state index < -0.39 is 5.91 Å². The third-order valence-corrected chi connectivity index (χ3v) is 4.40. The number of carbonyl (C=O) groups is 2. The van der Waals surface area contributed by atoms with Crippen LogP contribution in [0.5, 0.6) is 0 Å². The van der Waals surface area contributed by atoms with E-state index in [0.717, 1.165) is 10.7 Å². The third kappa shape index (κ3) is 4.57. The van der Waals surface area contributed by atoms with Crippen LogP contribution in [0, 0.1) is 6.92 Å². The van der Waals surface area contributed by atoms with E-state index >= 15 is 0 Å². The summed E-state index contributed by atoms with van der Waals surface area (Å²) in [5, 5.41) is 5.71. The van der Waals surface area contributed by atoms with E-state index in [4.69, 9.17) is 5.73 Å². The van der Waals surface area contributed by atoms with Gasteiger partial charge >= 0.3 is 0 Å². The van der Waals surface area contributed by atoms with Gasteiger partial charge in [0.25, 0.3) is 5.91 Å². The fourth-order valence-electron chi connectivity index (χ4n) is 1.72. The van der Waals surface area contributed by atoms with Gasteiger partial charge in [0.15, 0.2) is 0 Å². The second-order valence-corrected chi connectivity index (χ2v) is 6.36. The molecule has 0 aliphatic carbocycles. The van der Waals surface area contributed by atoms with Gasteiger partial charge in [0, 0.05) is 11.1 Å². The van der Waals surface area contributed by atoms with Crippen molar-refractivity contribution in [3.63, 3.8) is 0 Å². The standard InChI is InChI=1S/C14H15N3O2S2/c1-9-16-10(7-21-9)6-20-8-13(18)17-12-5-3-2-4-11(12)14(15)19/h2-5,7H,6,8H2,1H3,(H2,15,19)(H,17,18). The number of anilines is 1. The van der Waals surface area contributed by atoms with Crippen LogP contribution in [0.15, 0.2) is 29.6 Å². The highest BCUT2D eigenvalue weighted by atomic mass is 32.2. The fraction of sp³-hybridized carbons (Fsp3) is 0.214. The highest BCUT2D eigenvalue weighted by Gasteiger charge is 2.10. The third-order valence-electron chi connectivity index (χ3n) is 2.62. The number of hydrogen-bond acceptors (Lipinski definition) is 5. The van der Waals surface area contributed by atoms with Gasteiger partial charge in [-0.05, 0) is 19.1 Å². The Labute approximate surface area is 131 Å². The number of thiazole rings is 1. The fourth-order valence-corrected chi connectivity index (χ4v) is 3.15. The van der Waals surface area contributed by atoms with Crippen LogP contribution in [-0.2, 0) is 10.5 Å². The Hall–Kier alpha value is -1.86. The molecule has 0 saturated carbocycles. The number of amides is 2. The van der Waals surface area contributed by atoms with Crippen LogP contribution in [0.1, 0.15) is 21.1 Å². The molecule has 5 nitrogen and oxygen atoms in total. The number of primary amides is 1. The number of hydrogen-bond donors (Lipinski definition) is 2. The van der Waals surface area contributed by atoms with Crippen LogP contribution in [-0.4, -0.2) is 22.6 Å². The molecule has 0 radical (unpaired) electrons. The van der Waals surface area contributed by atoms with Gasteiger partial charge in [-0.1, -0.05) is 12.1 Å². The van der Waals surface area contributed by atoms with Crippen molar-refractivity contribution in [1.29, 1.82) is 0 Å². The lowest BCUT2D eigenvalue weighted by Gasteiger charge is -2.08. The molecule has 110 valence electrons. The van der Waals surface area contributed by atoms with Crippen molar-refractivity contribution in [2.45, 2.75) is 12.7 Å². The molecule has 0 aliphatic heterocycles. The number of para-hydroxylation sites is 1. The number of benzene rings is 1. The average Bonchev–Trinajstić information content (AvgIpc) is 2.85. The van der Waals surface area contributed by atoms with Gasteiger partial charge in [-0.15, -0.1) is 23.1 Å². The SMILES string of the molecule is Cc1nc(CSCC(=O)Nc2ccccc2C(N)=O)cs1. The molecule has 0 spiro atoms. The Kier molecular flexibility index (Phi) is 5.35. The second kappa shape index (κ2) is 7.24. The highest BCUT2D eigenvalue weighted by molar-refractivity contribution is 7.99. The molecule has 0 bridgehead atoms. The molecule has 0 aliphatic rings. The van der Waals surface area contributed by atoms with Gasteiger partial charge < -0.3 is 11.1 Å². The van der Waals surface area contributed by atoms with Gasteiger partial charge in [0.1, 0.15) is 0 Å². The lowest BCUT2D eigenvalue weighted by atomic mass is 10.1. The zero-order chi connectivity index (χ0) is 15.2. The molecule has 3 N–H and O–H groups in total. The number of aryl methyl sites for hydroxylation is 1. The molecule has 1 heterocycles. The van der Waals surface area contributed by atoms with Gasteiger partial charge in [0.05, 0.1) is 27.7 Å². The van der Waals surface area contributed by atoms with Crippen molar-refractivity contribution in [3.8, 4) is 0 Å². The summed E-state index contributed by atoms with van der Waals surface area (Å²) in [6.45, 7) is 1.95. The smallest absolute Gasteiger partial charge is 0.250 e. The van der Waals surface area contributed by atoms with Crippen molar-refractivity contribution < 1.29 is 9.59 Å². The van der Waals surface area contributed by atoms with E-state index in [1.165, 1.54) is 11.8 Å². The van der Waals surface area contributed by atoms with Gasteiger partial charge in [0.2, 0.25) is 5.91 Å². The summed E-state index contributed by atoms with van der Waals surface area (Å²) in [7, 11) is 0. The van der Waals surface area contributed by atoms with Crippen LogP contribution in [0.3, 0.4) is 0 Å². The number of thioether (sulfide) groups is 1. The van der Waals surface area contributed by atoms with Crippen molar-refractivity contribution in [1.82, 2.24) is 4.98 Å². The normalized spacial score (nSPS) is 10.3. The molecule has 21 heavy (non-hydrogen) atoms. The van der Waals surface area contributed by atoms with Gasteiger partial charge in [-0.25, -0.2) is 4.98 Å². The zero-order valence-corrected chi connectivity index (χ0v) is 13.1. The number of nitrogens with one attached hydrogen (secondary N) is 1. The van der Waals surface area contributed by atoms with E-state index in [9.17, 15) is 9.59 Å². The molecule has 2 rings (SSSR count). The summed E-state index contributed by atoms with van der Waals surface area (Å²) >= 11 is 3.07. The molecule has 1 aromatic heterocycles. The minimum absolute atomic E-state index is 0.166. The van der Waals surface area contributed by atoms with Gasteiger partial charge in [-0.3, -0.25) is 9.59 Å². The Morgan fingerprint density at radius 3 is 2.81 bits per heavy atom. The molecule has 0 saturated heterocycles.